The maximum absolute atomic E-state index is 12.9. The van der Waals surface area contributed by atoms with Crippen molar-refractivity contribution in [3.8, 4) is 0 Å². The molecule has 0 saturated heterocycles. The lowest BCUT2D eigenvalue weighted by Crippen LogP contribution is -2.36. The Morgan fingerprint density at radius 3 is 2.67 bits per heavy atom. The van der Waals surface area contributed by atoms with E-state index in [2.05, 4.69) is 16.5 Å². The van der Waals surface area contributed by atoms with E-state index in [1.807, 2.05) is 37.3 Å². The highest BCUT2D eigenvalue weighted by Gasteiger charge is 2.16. The molecule has 4 rings (SSSR count). The molecule has 0 fully saturated rings. The number of aromatic amines is 1. The molecule has 0 unspecified atom stereocenters. The van der Waals surface area contributed by atoms with Crippen molar-refractivity contribution in [2.45, 2.75) is 13.5 Å². The second-order valence-corrected chi connectivity index (χ2v) is 5.90. The number of carbonyl (C=O) groups is 1. The van der Waals surface area contributed by atoms with Gasteiger partial charge in [-0.2, -0.15) is 0 Å². The van der Waals surface area contributed by atoms with Crippen LogP contribution in [0.1, 0.15) is 5.56 Å². The van der Waals surface area contributed by atoms with Gasteiger partial charge in [-0.15, -0.1) is 0 Å². The topological polar surface area (TPSA) is 92.9 Å². The third-order valence-corrected chi connectivity index (χ3v) is 4.34. The molecular formula is C18H16N4O2. The summed E-state index contributed by atoms with van der Waals surface area (Å²) >= 11 is 0. The molecule has 6 heteroatoms. The van der Waals surface area contributed by atoms with Crippen LogP contribution in [0.3, 0.4) is 0 Å². The predicted octanol–water partition coefficient (Wildman–Crippen LogP) is 1.93. The molecule has 1 amide bonds. The van der Waals surface area contributed by atoms with E-state index in [4.69, 9.17) is 5.84 Å². The van der Waals surface area contributed by atoms with Crippen molar-refractivity contribution < 1.29 is 4.79 Å². The number of aryl methyl sites for hydroxylation is 1. The summed E-state index contributed by atoms with van der Waals surface area (Å²) in [5.74, 6) is 4.77. The minimum Gasteiger partial charge on any atom is -0.340 e. The van der Waals surface area contributed by atoms with E-state index < -0.39 is 5.91 Å². The maximum Gasteiger partial charge on any atom is 0.260 e. The fourth-order valence-electron chi connectivity index (χ4n) is 3.24. The van der Waals surface area contributed by atoms with Crippen LogP contribution >= 0.6 is 0 Å². The summed E-state index contributed by atoms with van der Waals surface area (Å²) in [6, 6.07) is 13.5. The van der Waals surface area contributed by atoms with Gasteiger partial charge in [0.15, 0.2) is 0 Å². The molecule has 0 aliphatic heterocycles. The molecule has 0 atom stereocenters. The van der Waals surface area contributed by atoms with Gasteiger partial charge in [0.05, 0.1) is 0 Å². The van der Waals surface area contributed by atoms with Crippen molar-refractivity contribution in [1.82, 2.24) is 15.0 Å². The van der Waals surface area contributed by atoms with Gasteiger partial charge in [0, 0.05) is 21.7 Å². The number of hydrogen-bond acceptors (Lipinski definition) is 3. The minimum absolute atomic E-state index is 0.136. The number of aromatic nitrogens is 2. The Morgan fingerprint density at radius 2 is 1.92 bits per heavy atom. The smallest absolute Gasteiger partial charge is 0.260 e. The number of carbonyl (C=O) groups excluding carboxylic acids is 1. The first kappa shape index (κ1) is 14.5. The monoisotopic (exact) mass is 320 g/mol. The summed E-state index contributed by atoms with van der Waals surface area (Å²) < 4.78 is 1.44. The zero-order valence-electron chi connectivity index (χ0n) is 13.1. The van der Waals surface area contributed by atoms with Crippen LogP contribution in [0.4, 0.5) is 0 Å². The third kappa shape index (κ3) is 2.00. The van der Waals surface area contributed by atoms with E-state index in [1.54, 1.807) is 6.07 Å². The van der Waals surface area contributed by atoms with Crippen molar-refractivity contribution in [2.24, 2.45) is 5.84 Å². The van der Waals surface area contributed by atoms with Gasteiger partial charge in [0.1, 0.15) is 12.2 Å². The fourth-order valence-corrected chi connectivity index (χ4v) is 3.24. The molecule has 24 heavy (non-hydrogen) atoms. The van der Waals surface area contributed by atoms with Gasteiger partial charge in [0.25, 0.3) is 11.5 Å². The van der Waals surface area contributed by atoms with Gasteiger partial charge in [-0.3, -0.25) is 19.6 Å². The largest absolute Gasteiger partial charge is 0.340 e. The molecule has 4 N–H and O–H groups in total. The number of pyridine rings is 1. The molecule has 2 aromatic heterocycles. The zero-order valence-corrected chi connectivity index (χ0v) is 13.1. The Balaban J connectivity index is 2.24. The summed E-state index contributed by atoms with van der Waals surface area (Å²) in [6.07, 6.45) is 0. The third-order valence-electron chi connectivity index (χ3n) is 4.34. The fraction of sp³-hybridized carbons (Fsp3) is 0.111. The van der Waals surface area contributed by atoms with Crippen LogP contribution in [0, 0.1) is 6.92 Å². The highest BCUT2D eigenvalue weighted by atomic mass is 16.2. The average Bonchev–Trinajstić information content (AvgIpc) is 2.97. The van der Waals surface area contributed by atoms with Crippen molar-refractivity contribution in [3.63, 3.8) is 0 Å². The second kappa shape index (κ2) is 5.21. The van der Waals surface area contributed by atoms with Gasteiger partial charge in [-0.05, 0) is 30.5 Å². The first-order chi connectivity index (χ1) is 11.6. The first-order valence-corrected chi connectivity index (χ1v) is 7.63. The molecule has 0 spiro atoms. The zero-order chi connectivity index (χ0) is 16.8. The Bertz CT molecular complexity index is 1170. The van der Waals surface area contributed by atoms with Crippen molar-refractivity contribution in [2.75, 3.05) is 0 Å². The van der Waals surface area contributed by atoms with E-state index in [0.717, 1.165) is 27.2 Å². The molecular weight excluding hydrogens is 304 g/mol. The summed E-state index contributed by atoms with van der Waals surface area (Å²) in [6.45, 7) is 1.89. The number of benzene rings is 2. The van der Waals surface area contributed by atoms with E-state index in [1.165, 1.54) is 4.57 Å². The van der Waals surface area contributed by atoms with E-state index in [0.29, 0.717) is 11.0 Å². The molecule has 4 aromatic rings. The number of fused-ring (bicyclic) bond motifs is 5. The van der Waals surface area contributed by atoms with Crippen molar-refractivity contribution in [1.29, 1.82) is 0 Å². The number of rotatable bonds is 2. The summed E-state index contributed by atoms with van der Waals surface area (Å²) in [5.41, 5.74) is 4.55. The maximum atomic E-state index is 12.9. The van der Waals surface area contributed by atoms with Gasteiger partial charge in [0.2, 0.25) is 0 Å². The Morgan fingerprint density at radius 1 is 1.17 bits per heavy atom. The van der Waals surface area contributed by atoms with Crippen LogP contribution < -0.4 is 16.8 Å². The summed E-state index contributed by atoms with van der Waals surface area (Å²) in [5, 5.41) is 3.42. The lowest BCUT2D eigenvalue weighted by Gasteiger charge is -2.09. The second-order valence-electron chi connectivity index (χ2n) is 5.90. The Hall–Kier alpha value is -3.12. The Labute approximate surface area is 136 Å². The number of nitrogens with one attached hydrogen (secondary N) is 2. The number of hydrogen-bond donors (Lipinski definition) is 3. The Kier molecular flexibility index (Phi) is 3.14. The standard InChI is InChI=1S/C18H16N4O2/c1-10-6-7-14-13(8-10)16-11-4-2-3-5-12(11)18(24)22(17(16)20-14)9-15(23)21-19/h2-8,20H,9,19H2,1H3,(H,21,23). The van der Waals surface area contributed by atoms with E-state index in [9.17, 15) is 9.59 Å². The minimum atomic E-state index is -0.427. The normalized spacial score (nSPS) is 11.4. The van der Waals surface area contributed by atoms with Gasteiger partial charge in [-0.25, -0.2) is 5.84 Å². The quantitative estimate of drug-likeness (QED) is 0.299. The number of nitrogens with zero attached hydrogens (tertiary/aromatic N) is 1. The molecule has 0 bridgehead atoms. The van der Waals surface area contributed by atoms with Gasteiger partial charge < -0.3 is 4.98 Å². The van der Waals surface area contributed by atoms with Crippen molar-refractivity contribution >= 4 is 38.6 Å². The number of nitrogens with two attached hydrogens (primary N) is 1. The molecule has 0 aliphatic carbocycles. The van der Waals surface area contributed by atoms with Crippen LogP contribution in [0.5, 0.6) is 0 Å². The first-order valence-electron chi connectivity index (χ1n) is 7.63. The lowest BCUT2D eigenvalue weighted by molar-refractivity contribution is -0.121. The molecule has 0 radical (unpaired) electrons. The van der Waals surface area contributed by atoms with Crippen LogP contribution in [0.2, 0.25) is 0 Å². The van der Waals surface area contributed by atoms with Gasteiger partial charge in [-0.1, -0.05) is 29.8 Å². The van der Waals surface area contributed by atoms with E-state index in [-0.39, 0.29) is 12.1 Å². The molecule has 120 valence electrons. The summed E-state index contributed by atoms with van der Waals surface area (Å²) in [4.78, 5) is 27.9. The molecule has 0 saturated carbocycles. The number of H-pyrrole nitrogens is 1. The SMILES string of the molecule is Cc1ccc2[nH]c3c(c2c1)c1ccccc1c(=O)n3CC(=O)NN. The lowest BCUT2D eigenvalue weighted by atomic mass is 10.1. The molecule has 2 heterocycles. The highest BCUT2D eigenvalue weighted by Crippen LogP contribution is 2.31. The number of hydrazine groups is 1. The van der Waals surface area contributed by atoms with E-state index >= 15 is 0 Å². The number of amides is 1. The highest BCUT2D eigenvalue weighted by molar-refractivity contribution is 6.19. The predicted molar refractivity (Wildman–Crippen MR) is 94.6 cm³/mol. The average molecular weight is 320 g/mol. The van der Waals surface area contributed by atoms with Crippen LogP contribution in [0.15, 0.2) is 47.3 Å². The molecule has 6 nitrogen and oxygen atoms in total. The summed E-state index contributed by atoms with van der Waals surface area (Å²) in [7, 11) is 0. The van der Waals surface area contributed by atoms with Crippen molar-refractivity contribution in [3.05, 3.63) is 58.4 Å². The van der Waals surface area contributed by atoms with Gasteiger partial charge >= 0.3 is 0 Å². The van der Waals surface area contributed by atoms with Crippen LogP contribution in [-0.4, -0.2) is 15.5 Å². The van der Waals surface area contributed by atoms with Crippen LogP contribution in [-0.2, 0) is 11.3 Å². The molecule has 0 aliphatic rings. The molecule has 2 aromatic carbocycles. The van der Waals surface area contributed by atoms with Crippen LogP contribution in [0.25, 0.3) is 32.7 Å².